The topological polar surface area (TPSA) is 67.2 Å². The summed E-state index contributed by atoms with van der Waals surface area (Å²) in [6.07, 6.45) is 3.39. The largest absolute Gasteiger partial charge is 0.355 e. The Labute approximate surface area is 134 Å². The van der Waals surface area contributed by atoms with Gasteiger partial charge in [0.05, 0.1) is 24.2 Å². The molecule has 0 saturated carbocycles. The van der Waals surface area contributed by atoms with Crippen molar-refractivity contribution in [2.24, 2.45) is 11.8 Å². The third-order valence-electron chi connectivity index (χ3n) is 4.67. The van der Waals surface area contributed by atoms with Crippen LogP contribution in [0.5, 0.6) is 0 Å². The Bertz CT molecular complexity index is 740. The first-order chi connectivity index (χ1) is 11.2. The van der Waals surface area contributed by atoms with Crippen LogP contribution in [0.25, 0.3) is 0 Å². The van der Waals surface area contributed by atoms with Gasteiger partial charge >= 0.3 is 0 Å². The highest BCUT2D eigenvalue weighted by Crippen LogP contribution is 2.28. The SMILES string of the molecule is O=C1NC[C@H]2CN(C(=O)c3cnn(Cc4ccccc4)c3)C[C@@H]12. The number of hydrogen-bond donors (Lipinski definition) is 1. The molecule has 1 aromatic heterocycles. The van der Waals surface area contributed by atoms with Crippen LogP contribution >= 0.6 is 0 Å². The van der Waals surface area contributed by atoms with E-state index in [2.05, 4.69) is 10.4 Å². The standard InChI is InChI=1S/C17H18N4O2/c22-16-15-11-20(9-13(15)6-18-16)17(23)14-7-19-21(10-14)8-12-4-2-1-3-5-12/h1-5,7,10,13,15H,6,8-9,11H2,(H,18,22)/t13-,15+/m0/s1. The molecule has 0 radical (unpaired) electrons. The highest BCUT2D eigenvalue weighted by atomic mass is 16.2. The highest BCUT2D eigenvalue weighted by molar-refractivity contribution is 5.95. The molecule has 118 valence electrons. The van der Waals surface area contributed by atoms with Gasteiger partial charge in [0.2, 0.25) is 5.91 Å². The normalized spacial score (nSPS) is 23.0. The monoisotopic (exact) mass is 310 g/mol. The Morgan fingerprint density at radius 2 is 2.09 bits per heavy atom. The summed E-state index contributed by atoms with van der Waals surface area (Å²) in [4.78, 5) is 26.1. The number of aromatic nitrogens is 2. The Hall–Kier alpha value is -2.63. The Morgan fingerprint density at radius 3 is 2.87 bits per heavy atom. The molecule has 1 N–H and O–H groups in total. The van der Waals surface area contributed by atoms with E-state index in [-0.39, 0.29) is 23.7 Å². The molecule has 0 spiro atoms. The number of benzene rings is 1. The van der Waals surface area contributed by atoms with Crippen molar-refractivity contribution in [2.45, 2.75) is 6.54 Å². The second-order valence-corrected chi connectivity index (χ2v) is 6.23. The quantitative estimate of drug-likeness (QED) is 0.910. The van der Waals surface area contributed by atoms with Crippen LogP contribution in [0, 0.1) is 11.8 Å². The molecule has 2 fully saturated rings. The van der Waals surface area contributed by atoms with E-state index >= 15 is 0 Å². The van der Waals surface area contributed by atoms with Crippen LogP contribution in [0.15, 0.2) is 42.7 Å². The first-order valence-electron chi connectivity index (χ1n) is 7.84. The predicted octanol–water partition coefficient (Wildman–Crippen LogP) is 0.749. The van der Waals surface area contributed by atoms with Crippen molar-refractivity contribution in [2.75, 3.05) is 19.6 Å². The van der Waals surface area contributed by atoms with Crippen LogP contribution in [-0.4, -0.2) is 46.1 Å². The van der Waals surface area contributed by atoms with Crippen molar-refractivity contribution in [3.8, 4) is 0 Å². The number of nitrogens with zero attached hydrogens (tertiary/aromatic N) is 3. The zero-order chi connectivity index (χ0) is 15.8. The van der Waals surface area contributed by atoms with E-state index in [1.54, 1.807) is 22.0 Å². The van der Waals surface area contributed by atoms with Crippen molar-refractivity contribution in [1.82, 2.24) is 20.0 Å². The van der Waals surface area contributed by atoms with Gasteiger partial charge in [-0.1, -0.05) is 30.3 Å². The lowest BCUT2D eigenvalue weighted by atomic mass is 10.0. The highest BCUT2D eigenvalue weighted by Gasteiger charge is 2.43. The molecular weight excluding hydrogens is 292 g/mol. The smallest absolute Gasteiger partial charge is 0.257 e. The number of fused-ring (bicyclic) bond motifs is 1. The minimum absolute atomic E-state index is 0.0356. The number of amides is 2. The lowest BCUT2D eigenvalue weighted by Crippen LogP contribution is -2.33. The van der Waals surface area contributed by atoms with Crippen LogP contribution in [0.1, 0.15) is 15.9 Å². The summed E-state index contributed by atoms with van der Waals surface area (Å²) < 4.78 is 1.77. The number of carbonyl (C=O) groups excluding carboxylic acids is 2. The average Bonchev–Trinajstić information content (AvgIpc) is 3.26. The molecule has 2 saturated heterocycles. The minimum atomic E-state index is -0.0432. The third-order valence-corrected chi connectivity index (χ3v) is 4.67. The van der Waals surface area contributed by atoms with Crippen molar-refractivity contribution in [3.63, 3.8) is 0 Å². The number of rotatable bonds is 3. The fraction of sp³-hybridized carbons (Fsp3) is 0.353. The number of carbonyl (C=O) groups is 2. The number of nitrogens with one attached hydrogen (secondary N) is 1. The van der Waals surface area contributed by atoms with E-state index in [9.17, 15) is 9.59 Å². The molecule has 6 nitrogen and oxygen atoms in total. The molecule has 3 heterocycles. The Morgan fingerprint density at radius 1 is 1.26 bits per heavy atom. The Balaban J connectivity index is 1.45. The first kappa shape index (κ1) is 14.0. The summed E-state index contributed by atoms with van der Waals surface area (Å²) in [6, 6.07) is 10.0. The fourth-order valence-electron chi connectivity index (χ4n) is 3.42. The van der Waals surface area contributed by atoms with Crippen LogP contribution < -0.4 is 5.32 Å². The predicted molar refractivity (Wildman–Crippen MR) is 83.7 cm³/mol. The van der Waals surface area contributed by atoms with Gasteiger partial charge in [-0.25, -0.2) is 0 Å². The van der Waals surface area contributed by atoms with E-state index < -0.39 is 0 Å². The van der Waals surface area contributed by atoms with Crippen molar-refractivity contribution in [1.29, 1.82) is 0 Å². The summed E-state index contributed by atoms with van der Waals surface area (Å²) in [5, 5.41) is 7.14. The fourth-order valence-corrected chi connectivity index (χ4v) is 3.42. The molecule has 0 aliphatic carbocycles. The van der Waals surface area contributed by atoms with E-state index in [4.69, 9.17) is 0 Å². The molecule has 2 aliphatic heterocycles. The second-order valence-electron chi connectivity index (χ2n) is 6.23. The molecule has 2 atom stereocenters. The maximum atomic E-state index is 12.6. The molecule has 2 aliphatic rings. The van der Waals surface area contributed by atoms with Crippen LogP contribution in [0.4, 0.5) is 0 Å². The molecule has 4 rings (SSSR count). The van der Waals surface area contributed by atoms with Gasteiger partial charge in [0.25, 0.3) is 5.91 Å². The number of likely N-dealkylation sites (tertiary alicyclic amines) is 1. The summed E-state index contributed by atoms with van der Waals surface area (Å²) in [6.45, 7) is 2.48. The molecular formula is C17H18N4O2. The average molecular weight is 310 g/mol. The third kappa shape index (κ3) is 2.60. The maximum absolute atomic E-state index is 12.6. The summed E-state index contributed by atoms with van der Waals surface area (Å²) >= 11 is 0. The molecule has 2 amide bonds. The van der Waals surface area contributed by atoms with Gasteiger partial charge in [-0.15, -0.1) is 0 Å². The first-order valence-corrected chi connectivity index (χ1v) is 7.84. The van der Waals surface area contributed by atoms with Gasteiger partial charge < -0.3 is 10.2 Å². The lowest BCUT2D eigenvalue weighted by molar-refractivity contribution is -0.122. The van der Waals surface area contributed by atoms with Gasteiger partial charge in [-0.2, -0.15) is 5.10 Å². The number of hydrogen-bond acceptors (Lipinski definition) is 3. The van der Waals surface area contributed by atoms with E-state index in [0.717, 1.165) is 5.56 Å². The van der Waals surface area contributed by atoms with E-state index in [1.165, 1.54) is 0 Å². The molecule has 2 aromatic rings. The van der Waals surface area contributed by atoms with E-state index in [0.29, 0.717) is 31.7 Å². The summed E-state index contributed by atoms with van der Waals surface area (Å²) in [7, 11) is 0. The van der Waals surface area contributed by atoms with Crippen molar-refractivity contribution in [3.05, 3.63) is 53.9 Å². The van der Waals surface area contributed by atoms with Crippen LogP contribution in [0.2, 0.25) is 0 Å². The van der Waals surface area contributed by atoms with E-state index in [1.807, 2.05) is 30.3 Å². The molecule has 23 heavy (non-hydrogen) atoms. The molecule has 0 bridgehead atoms. The Kier molecular flexibility index (Phi) is 3.37. The minimum Gasteiger partial charge on any atom is -0.355 e. The van der Waals surface area contributed by atoms with Crippen molar-refractivity contribution >= 4 is 11.8 Å². The van der Waals surface area contributed by atoms with Crippen LogP contribution in [-0.2, 0) is 11.3 Å². The van der Waals surface area contributed by atoms with Gasteiger partial charge in [-0.05, 0) is 5.56 Å². The molecule has 0 unspecified atom stereocenters. The van der Waals surface area contributed by atoms with Gasteiger partial charge in [0.1, 0.15) is 0 Å². The van der Waals surface area contributed by atoms with Crippen molar-refractivity contribution < 1.29 is 9.59 Å². The van der Waals surface area contributed by atoms with Gasteiger partial charge in [0, 0.05) is 31.7 Å². The molecule has 1 aromatic carbocycles. The zero-order valence-corrected chi connectivity index (χ0v) is 12.7. The lowest BCUT2D eigenvalue weighted by Gasteiger charge is -2.16. The maximum Gasteiger partial charge on any atom is 0.257 e. The van der Waals surface area contributed by atoms with Gasteiger partial charge in [0.15, 0.2) is 0 Å². The second kappa shape index (κ2) is 5.53. The summed E-state index contributed by atoms with van der Waals surface area (Å²) in [5.41, 5.74) is 1.73. The van der Waals surface area contributed by atoms with Gasteiger partial charge in [-0.3, -0.25) is 14.3 Å². The summed E-state index contributed by atoms with van der Waals surface area (Å²) in [5.74, 6) is 0.251. The molecule has 6 heteroatoms. The zero-order valence-electron chi connectivity index (χ0n) is 12.7. The van der Waals surface area contributed by atoms with Crippen LogP contribution in [0.3, 0.4) is 0 Å².